The molecule has 1 heterocycles. The minimum atomic E-state index is -3.16. The molecule has 144 valence electrons. The number of sulfone groups is 1. The number of hydrogen-bond acceptors (Lipinski definition) is 5. The molecule has 7 heteroatoms. The molecule has 1 N–H and O–H groups in total. The zero-order chi connectivity index (χ0) is 18.6. The van der Waals surface area contributed by atoms with E-state index in [9.17, 15) is 13.2 Å². The summed E-state index contributed by atoms with van der Waals surface area (Å²) in [7, 11) is -3.16. The van der Waals surface area contributed by atoms with E-state index in [1.807, 2.05) is 19.1 Å². The molecule has 1 amide bonds. The average molecular weight is 381 g/mol. The zero-order valence-corrected chi connectivity index (χ0v) is 16.2. The van der Waals surface area contributed by atoms with Crippen LogP contribution in [-0.4, -0.2) is 51.6 Å². The van der Waals surface area contributed by atoms with Crippen molar-refractivity contribution >= 4 is 27.1 Å². The van der Waals surface area contributed by atoms with Gasteiger partial charge in [0, 0.05) is 30.9 Å². The Balaban J connectivity index is 1.55. The summed E-state index contributed by atoms with van der Waals surface area (Å²) >= 11 is 0. The van der Waals surface area contributed by atoms with E-state index >= 15 is 0 Å². The highest BCUT2D eigenvalue weighted by Crippen LogP contribution is 2.26. The highest BCUT2D eigenvalue weighted by Gasteiger charge is 2.28. The van der Waals surface area contributed by atoms with Crippen molar-refractivity contribution in [2.24, 2.45) is 0 Å². The van der Waals surface area contributed by atoms with E-state index < -0.39 is 9.84 Å². The molecule has 0 bridgehead atoms. The Morgan fingerprint density at radius 1 is 1.23 bits per heavy atom. The highest BCUT2D eigenvalue weighted by atomic mass is 32.2. The van der Waals surface area contributed by atoms with Crippen molar-refractivity contribution in [1.82, 2.24) is 0 Å². The van der Waals surface area contributed by atoms with E-state index in [0.717, 1.165) is 68.9 Å². The first kappa shape index (κ1) is 19.2. The molecule has 2 fully saturated rings. The highest BCUT2D eigenvalue weighted by molar-refractivity contribution is 7.92. The fourth-order valence-corrected chi connectivity index (χ4v) is 5.52. The van der Waals surface area contributed by atoms with Gasteiger partial charge in [-0.15, -0.1) is 0 Å². The SMILES string of the molecule is Cc1cc(N2CCOCC2)ccc1NC(=O)CCS(=O)(=O)C1CCCC1. The fraction of sp³-hybridized carbons (Fsp3) is 0.632. The Morgan fingerprint density at radius 3 is 2.58 bits per heavy atom. The van der Waals surface area contributed by atoms with Gasteiger partial charge in [-0.3, -0.25) is 4.79 Å². The Hall–Kier alpha value is -1.60. The predicted molar refractivity (Wildman–Crippen MR) is 104 cm³/mol. The first-order valence-corrected chi connectivity index (χ1v) is 11.1. The van der Waals surface area contributed by atoms with E-state index in [1.54, 1.807) is 0 Å². The first-order valence-electron chi connectivity index (χ1n) is 9.40. The number of morpholine rings is 1. The molecule has 2 aliphatic rings. The summed E-state index contributed by atoms with van der Waals surface area (Å²) in [6.45, 7) is 5.14. The number of anilines is 2. The molecule has 6 nitrogen and oxygen atoms in total. The van der Waals surface area contributed by atoms with Crippen LogP contribution in [-0.2, 0) is 19.4 Å². The lowest BCUT2D eigenvalue weighted by molar-refractivity contribution is -0.115. The topological polar surface area (TPSA) is 75.7 Å². The van der Waals surface area contributed by atoms with Crippen molar-refractivity contribution in [3.8, 4) is 0 Å². The maximum atomic E-state index is 12.3. The van der Waals surface area contributed by atoms with Gasteiger partial charge in [-0.05, 0) is 43.5 Å². The number of aryl methyl sites for hydroxylation is 1. The largest absolute Gasteiger partial charge is 0.378 e. The van der Waals surface area contributed by atoms with Gasteiger partial charge in [0.15, 0.2) is 9.84 Å². The van der Waals surface area contributed by atoms with Gasteiger partial charge in [-0.25, -0.2) is 8.42 Å². The van der Waals surface area contributed by atoms with Gasteiger partial charge < -0.3 is 15.0 Å². The summed E-state index contributed by atoms with van der Waals surface area (Å²) in [6.07, 6.45) is 3.46. The summed E-state index contributed by atoms with van der Waals surface area (Å²) in [4.78, 5) is 14.5. The van der Waals surface area contributed by atoms with Crippen LogP contribution < -0.4 is 10.2 Å². The summed E-state index contributed by atoms with van der Waals surface area (Å²) in [5, 5.41) is 2.61. The monoisotopic (exact) mass is 380 g/mol. The van der Waals surface area contributed by atoms with E-state index in [0.29, 0.717) is 0 Å². The minimum Gasteiger partial charge on any atom is -0.378 e. The van der Waals surface area contributed by atoms with Gasteiger partial charge >= 0.3 is 0 Å². The van der Waals surface area contributed by atoms with Crippen molar-refractivity contribution in [3.63, 3.8) is 0 Å². The van der Waals surface area contributed by atoms with Crippen molar-refractivity contribution < 1.29 is 17.9 Å². The van der Waals surface area contributed by atoms with Crippen LogP contribution in [0.2, 0.25) is 0 Å². The maximum absolute atomic E-state index is 12.3. The number of nitrogens with zero attached hydrogens (tertiary/aromatic N) is 1. The lowest BCUT2D eigenvalue weighted by Crippen LogP contribution is -2.36. The predicted octanol–water partition coefficient (Wildman–Crippen LogP) is 2.52. The number of benzene rings is 1. The summed E-state index contributed by atoms with van der Waals surface area (Å²) in [5.41, 5.74) is 2.83. The molecule has 1 aliphatic carbocycles. The van der Waals surface area contributed by atoms with E-state index in [4.69, 9.17) is 4.74 Å². The number of carbonyl (C=O) groups excluding carboxylic acids is 1. The molecule has 0 radical (unpaired) electrons. The molecule has 1 aromatic rings. The van der Waals surface area contributed by atoms with Gasteiger partial charge in [0.1, 0.15) is 0 Å². The number of rotatable bonds is 6. The molecule has 0 unspecified atom stereocenters. The molecule has 1 aliphatic heterocycles. The Bertz CT molecular complexity index is 736. The van der Waals surface area contributed by atoms with Crippen LogP contribution in [0, 0.1) is 6.92 Å². The Kier molecular flexibility index (Phi) is 6.19. The molecular formula is C19H28N2O4S. The van der Waals surface area contributed by atoms with E-state index in [1.165, 1.54) is 0 Å². The minimum absolute atomic E-state index is 0.0173. The molecule has 1 aromatic carbocycles. The zero-order valence-electron chi connectivity index (χ0n) is 15.4. The standard InChI is InChI=1S/C19H28N2O4S/c1-15-14-16(21-9-11-25-12-10-21)6-7-18(15)20-19(22)8-13-26(23,24)17-4-2-3-5-17/h6-7,14,17H,2-5,8-13H2,1H3,(H,20,22). The van der Waals surface area contributed by atoms with Crippen molar-refractivity contribution in [1.29, 1.82) is 0 Å². The van der Waals surface area contributed by atoms with Crippen molar-refractivity contribution in [3.05, 3.63) is 23.8 Å². The molecule has 1 saturated carbocycles. The third kappa shape index (κ3) is 4.76. The van der Waals surface area contributed by atoms with Gasteiger partial charge in [0.2, 0.25) is 5.91 Å². The molecule has 0 spiro atoms. The summed E-state index contributed by atoms with van der Waals surface area (Å²) < 4.78 is 29.9. The van der Waals surface area contributed by atoms with Gasteiger partial charge in [0.05, 0.1) is 24.2 Å². The Labute approximate surface area is 155 Å². The smallest absolute Gasteiger partial charge is 0.225 e. The molecular weight excluding hydrogens is 352 g/mol. The Morgan fingerprint density at radius 2 is 1.92 bits per heavy atom. The second-order valence-electron chi connectivity index (χ2n) is 7.17. The quantitative estimate of drug-likeness (QED) is 0.821. The number of carbonyl (C=O) groups is 1. The normalized spacial score (nSPS) is 18.9. The third-order valence-corrected chi connectivity index (χ3v) is 7.54. The molecule has 1 saturated heterocycles. The van der Waals surface area contributed by atoms with Crippen LogP contribution in [0.1, 0.15) is 37.7 Å². The van der Waals surface area contributed by atoms with E-state index in [-0.39, 0.29) is 23.3 Å². The van der Waals surface area contributed by atoms with Crippen molar-refractivity contribution in [2.45, 2.75) is 44.3 Å². The summed E-state index contributed by atoms with van der Waals surface area (Å²) in [6, 6.07) is 5.93. The number of ether oxygens (including phenoxy) is 1. The summed E-state index contributed by atoms with van der Waals surface area (Å²) in [5.74, 6) is -0.303. The number of nitrogens with one attached hydrogen (secondary N) is 1. The van der Waals surface area contributed by atoms with Crippen LogP contribution in [0.4, 0.5) is 11.4 Å². The molecule has 0 atom stereocenters. The molecule has 26 heavy (non-hydrogen) atoms. The van der Waals surface area contributed by atoms with Gasteiger partial charge in [-0.1, -0.05) is 12.8 Å². The van der Waals surface area contributed by atoms with Crippen LogP contribution in [0.5, 0.6) is 0 Å². The molecule has 0 aromatic heterocycles. The van der Waals surface area contributed by atoms with Crippen LogP contribution in [0.15, 0.2) is 18.2 Å². The van der Waals surface area contributed by atoms with Crippen LogP contribution in [0.3, 0.4) is 0 Å². The van der Waals surface area contributed by atoms with Gasteiger partial charge in [0.25, 0.3) is 0 Å². The van der Waals surface area contributed by atoms with Gasteiger partial charge in [-0.2, -0.15) is 0 Å². The van der Waals surface area contributed by atoms with Crippen LogP contribution in [0.25, 0.3) is 0 Å². The second kappa shape index (κ2) is 8.39. The van der Waals surface area contributed by atoms with E-state index in [2.05, 4.69) is 16.3 Å². The molecule has 3 rings (SSSR count). The number of hydrogen-bond donors (Lipinski definition) is 1. The van der Waals surface area contributed by atoms with Crippen LogP contribution >= 0.6 is 0 Å². The maximum Gasteiger partial charge on any atom is 0.225 e. The first-order chi connectivity index (χ1) is 12.5. The second-order valence-corrected chi connectivity index (χ2v) is 9.57. The van der Waals surface area contributed by atoms with Crippen molar-refractivity contribution in [2.75, 3.05) is 42.3 Å². The lowest BCUT2D eigenvalue weighted by atomic mass is 10.1. The fourth-order valence-electron chi connectivity index (χ4n) is 3.67. The third-order valence-electron chi connectivity index (χ3n) is 5.28. The number of amides is 1. The lowest BCUT2D eigenvalue weighted by Gasteiger charge is -2.29. The average Bonchev–Trinajstić information content (AvgIpc) is 3.18.